The van der Waals surface area contributed by atoms with Gasteiger partial charge >= 0.3 is 0 Å². The number of nitrogens with zero attached hydrogens (tertiary/aromatic N) is 1. The minimum atomic E-state index is 0.665. The number of benzene rings is 3. The fourth-order valence-electron chi connectivity index (χ4n) is 2.68. The van der Waals surface area contributed by atoms with Crippen molar-refractivity contribution < 1.29 is 9.47 Å². The van der Waals surface area contributed by atoms with Crippen molar-refractivity contribution in [2.75, 3.05) is 12.4 Å². The minimum absolute atomic E-state index is 0.665. The molecule has 0 amide bonds. The molecule has 0 bridgehead atoms. The van der Waals surface area contributed by atoms with Gasteiger partial charge in [0.15, 0.2) is 5.13 Å². The smallest absolute Gasteiger partial charge is 0.210 e. The summed E-state index contributed by atoms with van der Waals surface area (Å²) >= 11 is 7.41. The summed E-state index contributed by atoms with van der Waals surface area (Å²) in [4.78, 5) is 4.77. The van der Waals surface area contributed by atoms with E-state index in [0.29, 0.717) is 21.0 Å². The van der Waals surface area contributed by atoms with Crippen LogP contribution in [0.2, 0.25) is 5.02 Å². The fraction of sp³-hybridized carbons (Fsp3) is 0.0455. The molecule has 0 aliphatic carbocycles. The first-order chi connectivity index (χ1) is 13.7. The summed E-state index contributed by atoms with van der Waals surface area (Å²) < 4.78 is 11.5. The number of thiazole rings is 1. The van der Waals surface area contributed by atoms with Gasteiger partial charge in [-0.3, -0.25) is 0 Å². The maximum atomic E-state index is 6.12. The summed E-state index contributed by atoms with van der Waals surface area (Å²) in [5.41, 5.74) is 2.60. The molecule has 1 heterocycles. The van der Waals surface area contributed by atoms with Gasteiger partial charge in [0.05, 0.1) is 12.8 Å². The van der Waals surface area contributed by atoms with E-state index in [-0.39, 0.29) is 0 Å². The lowest BCUT2D eigenvalue weighted by molar-refractivity contribution is 0.417. The van der Waals surface area contributed by atoms with Crippen molar-refractivity contribution >= 4 is 33.8 Å². The summed E-state index contributed by atoms with van der Waals surface area (Å²) in [6.45, 7) is 0. The van der Waals surface area contributed by atoms with Crippen LogP contribution in [0.5, 0.6) is 16.6 Å². The van der Waals surface area contributed by atoms with Crippen LogP contribution >= 0.6 is 22.9 Å². The van der Waals surface area contributed by atoms with Crippen molar-refractivity contribution in [2.24, 2.45) is 0 Å². The summed E-state index contributed by atoms with van der Waals surface area (Å²) in [6.07, 6.45) is 0. The van der Waals surface area contributed by atoms with Crippen LogP contribution < -0.4 is 14.8 Å². The van der Waals surface area contributed by atoms with Gasteiger partial charge < -0.3 is 14.8 Å². The van der Waals surface area contributed by atoms with Crippen LogP contribution in [-0.2, 0) is 0 Å². The molecule has 0 aliphatic heterocycles. The zero-order valence-electron chi connectivity index (χ0n) is 15.1. The monoisotopic (exact) mass is 408 g/mol. The van der Waals surface area contributed by atoms with Gasteiger partial charge in [0.1, 0.15) is 17.2 Å². The molecule has 4 nitrogen and oxygen atoms in total. The van der Waals surface area contributed by atoms with Crippen molar-refractivity contribution in [3.63, 3.8) is 0 Å². The largest absolute Gasteiger partial charge is 0.495 e. The Morgan fingerprint density at radius 1 is 0.893 bits per heavy atom. The molecule has 0 saturated heterocycles. The Morgan fingerprint density at radius 2 is 1.61 bits per heavy atom. The van der Waals surface area contributed by atoms with Gasteiger partial charge in [0.25, 0.3) is 0 Å². The number of rotatable bonds is 6. The third kappa shape index (κ3) is 4.11. The molecule has 6 heteroatoms. The van der Waals surface area contributed by atoms with Gasteiger partial charge in [0, 0.05) is 10.6 Å². The second-order valence-corrected chi connectivity index (χ2v) is 7.30. The van der Waals surface area contributed by atoms with Crippen LogP contribution in [0.4, 0.5) is 10.8 Å². The molecule has 0 spiro atoms. The lowest BCUT2D eigenvalue weighted by Crippen LogP contribution is -1.93. The van der Waals surface area contributed by atoms with E-state index < -0.39 is 0 Å². The Labute approximate surface area is 172 Å². The first-order valence-electron chi connectivity index (χ1n) is 8.62. The number of hydrogen-bond acceptors (Lipinski definition) is 5. The van der Waals surface area contributed by atoms with E-state index in [1.54, 1.807) is 19.2 Å². The van der Waals surface area contributed by atoms with Crippen molar-refractivity contribution in [1.29, 1.82) is 0 Å². The van der Waals surface area contributed by atoms with Gasteiger partial charge in [-0.15, -0.1) is 0 Å². The molecule has 0 aliphatic rings. The molecule has 4 aromatic rings. The van der Waals surface area contributed by atoms with Crippen molar-refractivity contribution in [3.8, 4) is 27.8 Å². The first-order valence-corrected chi connectivity index (χ1v) is 9.82. The van der Waals surface area contributed by atoms with E-state index in [0.717, 1.165) is 22.7 Å². The van der Waals surface area contributed by atoms with E-state index in [9.17, 15) is 0 Å². The highest BCUT2D eigenvalue weighted by molar-refractivity contribution is 7.18. The molecule has 4 rings (SSSR count). The summed E-state index contributed by atoms with van der Waals surface area (Å²) in [5, 5.41) is 5.41. The standard InChI is InChI=1S/C22H17ClN2O2S/c1-26-19-10-6-5-9-18(19)24-22-25-20(15-7-3-2-4-8-15)21(28-22)27-17-13-11-16(23)12-14-17/h2-14H,1H3,(H,24,25). The molecule has 0 unspecified atom stereocenters. The van der Waals surface area contributed by atoms with Gasteiger partial charge in [-0.05, 0) is 36.4 Å². The molecule has 3 aromatic carbocycles. The minimum Gasteiger partial charge on any atom is -0.495 e. The van der Waals surface area contributed by atoms with E-state index in [4.69, 9.17) is 26.1 Å². The van der Waals surface area contributed by atoms with Crippen LogP contribution in [0, 0.1) is 0 Å². The summed E-state index contributed by atoms with van der Waals surface area (Å²) in [6, 6.07) is 25.0. The highest BCUT2D eigenvalue weighted by Crippen LogP contribution is 2.42. The van der Waals surface area contributed by atoms with Gasteiger partial charge in [-0.1, -0.05) is 65.4 Å². The normalized spacial score (nSPS) is 10.5. The highest BCUT2D eigenvalue weighted by atomic mass is 35.5. The van der Waals surface area contributed by atoms with Crippen LogP contribution in [0.1, 0.15) is 0 Å². The second-order valence-electron chi connectivity index (χ2n) is 5.90. The number of methoxy groups -OCH3 is 1. The third-order valence-electron chi connectivity index (χ3n) is 4.02. The van der Waals surface area contributed by atoms with Crippen molar-refractivity contribution in [2.45, 2.75) is 0 Å². The number of anilines is 2. The van der Waals surface area contributed by atoms with E-state index in [1.165, 1.54) is 11.3 Å². The van der Waals surface area contributed by atoms with Crippen LogP contribution in [0.25, 0.3) is 11.3 Å². The topological polar surface area (TPSA) is 43.4 Å². The molecule has 0 atom stereocenters. The molecular weight excluding hydrogens is 392 g/mol. The number of aromatic nitrogens is 1. The van der Waals surface area contributed by atoms with Crippen molar-refractivity contribution in [3.05, 3.63) is 83.9 Å². The number of halogens is 1. The highest BCUT2D eigenvalue weighted by Gasteiger charge is 2.16. The number of hydrogen-bond donors (Lipinski definition) is 1. The maximum absolute atomic E-state index is 6.12. The van der Waals surface area contributed by atoms with Crippen molar-refractivity contribution in [1.82, 2.24) is 4.98 Å². The Morgan fingerprint density at radius 3 is 2.36 bits per heavy atom. The average molecular weight is 409 g/mol. The molecule has 28 heavy (non-hydrogen) atoms. The second kappa shape index (κ2) is 8.33. The maximum Gasteiger partial charge on any atom is 0.210 e. The number of nitrogens with one attached hydrogen (secondary N) is 1. The van der Waals surface area contributed by atoms with Gasteiger partial charge in [-0.25, -0.2) is 4.98 Å². The summed E-state index contributed by atoms with van der Waals surface area (Å²) in [7, 11) is 1.65. The molecule has 1 N–H and O–H groups in total. The molecule has 140 valence electrons. The average Bonchev–Trinajstić information content (AvgIpc) is 3.13. The Balaban J connectivity index is 1.70. The molecule has 0 fully saturated rings. The zero-order valence-corrected chi connectivity index (χ0v) is 16.6. The van der Waals surface area contributed by atoms with E-state index in [1.807, 2.05) is 66.7 Å². The van der Waals surface area contributed by atoms with Gasteiger partial charge in [-0.2, -0.15) is 0 Å². The predicted molar refractivity (Wildman–Crippen MR) is 115 cm³/mol. The lowest BCUT2D eigenvalue weighted by Gasteiger charge is -2.07. The molecule has 1 aromatic heterocycles. The Hall–Kier alpha value is -3.02. The van der Waals surface area contributed by atoms with E-state index in [2.05, 4.69) is 5.32 Å². The van der Waals surface area contributed by atoms with Crippen LogP contribution in [0.15, 0.2) is 78.9 Å². The SMILES string of the molecule is COc1ccccc1Nc1nc(-c2ccccc2)c(Oc2ccc(Cl)cc2)s1. The van der Waals surface area contributed by atoms with Crippen LogP contribution in [0.3, 0.4) is 0 Å². The molecule has 0 saturated carbocycles. The van der Waals surface area contributed by atoms with Crippen LogP contribution in [-0.4, -0.2) is 12.1 Å². The number of ether oxygens (including phenoxy) is 2. The quantitative estimate of drug-likeness (QED) is 0.372. The molecular formula is C22H17ClN2O2S. The Bertz CT molecular complexity index is 1070. The fourth-order valence-corrected chi connectivity index (χ4v) is 3.68. The Kier molecular flexibility index (Phi) is 5.46. The molecule has 0 radical (unpaired) electrons. The first kappa shape index (κ1) is 18.3. The summed E-state index contributed by atoms with van der Waals surface area (Å²) in [5.74, 6) is 1.45. The zero-order chi connectivity index (χ0) is 19.3. The van der Waals surface area contributed by atoms with E-state index >= 15 is 0 Å². The predicted octanol–water partition coefficient (Wildman–Crippen LogP) is 7.01. The third-order valence-corrected chi connectivity index (χ3v) is 5.12. The number of para-hydroxylation sites is 2. The van der Waals surface area contributed by atoms with Gasteiger partial charge in [0.2, 0.25) is 5.06 Å². The lowest BCUT2D eigenvalue weighted by atomic mass is 10.2.